The number of anilines is 2. The van der Waals surface area contributed by atoms with E-state index < -0.39 is 12.1 Å². The molecule has 4 bridgehead atoms. The van der Waals surface area contributed by atoms with Crippen LogP contribution in [-0.4, -0.2) is 40.6 Å². The molecule has 45 heavy (non-hydrogen) atoms. The molecule has 2 atom stereocenters. The van der Waals surface area contributed by atoms with Gasteiger partial charge in [0.05, 0.1) is 6.61 Å². The van der Waals surface area contributed by atoms with Gasteiger partial charge in [-0.1, -0.05) is 49.4 Å². The van der Waals surface area contributed by atoms with Gasteiger partial charge in [-0.25, -0.2) is 4.79 Å². The van der Waals surface area contributed by atoms with Gasteiger partial charge in [-0.05, 0) is 88.2 Å². The lowest BCUT2D eigenvalue weighted by molar-refractivity contribution is -0.131. The van der Waals surface area contributed by atoms with Crippen molar-refractivity contribution < 1.29 is 19.4 Å². The van der Waals surface area contributed by atoms with Crippen LogP contribution in [0.5, 0.6) is 5.75 Å². The second-order valence-corrected chi connectivity index (χ2v) is 11.5. The first-order chi connectivity index (χ1) is 21.7. The maximum Gasteiger partial charge on any atom is 0.411 e. The summed E-state index contributed by atoms with van der Waals surface area (Å²) in [5, 5.41) is 17.4. The van der Waals surface area contributed by atoms with E-state index in [-0.39, 0.29) is 36.3 Å². The maximum atomic E-state index is 14.4. The predicted molar refractivity (Wildman–Crippen MR) is 176 cm³/mol. The second kappa shape index (κ2) is 12.2. The van der Waals surface area contributed by atoms with Crippen molar-refractivity contribution in [2.75, 3.05) is 24.3 Å². The summed E-state index contributed by atoms with van der Waals surface area (Å²) in [6.45, 7) is 4.38. The molecule has 0 saturated heterocycles. The van der Waals surface area contributed by atoms with E-state index in [9.17, 15) is 19.5 Å². The molecule has 9 heteroatoms. The third-order valence-corrected chi connectivity index (χ3v) is 8.27. The minimum atomic E-state index is -0.762. The van der Waals surface area contributed by atoms with Crippen molar-refractivity contribution in [2.24, 2.45) is 0 Å². The molecule has 4 N–H and O–H groups in total. The molecule has 2 aliphatic heterocycles. The van der Waals surface area contributed by atoms with Crippen molar-refractivity contribution >= 4 is 34.1 Å². The predicted octanol–water partition coefficient (Wildman–Crippen LogP) is 6.69. The fourth-order valence-electron chi connectivity index (χ4n) is 5.88. The SMILES string of the molecule is Cc1cc2ccc1[C@@H](C)COC(=O)Nc1ccc(-c3ccc(O)cc3)c(c1)CN(C)C(=O)[C@@H]2Nc1ccc2cc[nH]c(=O)c2c1. The zero-order valence-corrected chi connectivity index (χ0v) is 25.3. The molecule has 2 amide bonds. The molecule has 4 aromatic carbocycles. The highest BCUT2D eigenvalue weighted by molar-refractivity contribution is 5.89. The first-order valence-corrected chi connectivity index (χ1v) is 14.8. The summed E-state index contributed by atoms with van der Waals surface area (Å²) in [4.78, 5) is 44.0. The maximum absolute atomic E-state index is 14.4. The monoisotopic (exact) mass is 602 g/mol. The number of carbonyl (C=O) groups excluding carboxylic acids is 2. The minimum Gasteiger partial charge on any atom is -0.508 e. The summed E-state index contributed by atoms with van der Waals surface area (Å²) in [7, 11) is 1.74. The van der Waals surface area contributed by atoms with E-state index in [2.05, 4.69) is 15.6 Å². The molecular weight excluding hydrogens is 568 g/mol. The van der Waals surface area contributed by atoms with Crippen molar-refractivity contribution in [3.8, 4) is 16.9 Å². The zero-order chi connectivity index (χ0) is 31.7. The summed E-state index contributed by atoms with van der Waals surface area (Å²) < 4.78 is 5.59. The van der Waals surface area contributed by atoms with Gasteiger partial charge in [-0.3, -0.25) is 14.9 Å². The number of benzene rings is 4. The van der Waals surface area contributed by atoms with Crippen molar-refractivity contribution in [1.82, 2.24) is 9.88 Å². The number of aromatic amines is 1. The average Bonchev–Trinajstić information content (AvgIpc) is 3.03. The lowest BCUT2D eigenvalue weighted by atomic mass is 9.92. The Labute approximate surface area is 260 Å². The smallest absolute Gasteiger partial charge is 0.411 e. The van der Waals surface area contributed by atoms with Crippen LogP contribution in [0.15, 0.2) is 95.9 Å². The van der Waals surface area contributed by atoms with E-state index in [1.54, 1.807) is 54.5 Å². The molecule has 0 unspecified atom stereocenters. The Hall–Kier alpha value is -5.57. The van der Waals surface area contributed by atoms with E-state index >= 15 is 0 Å². The van der Waals surface area contributed by atoms with Gasteiger partial charge in [-0.2, -0.15) is 0 Å². The normalized spacial score (nSPS) is 17.2. The van der Waals surface area contributed by atoms with E-state index in [1.165, 1.54) is 0 Å². The van der Waals surface area contributed by atoms with E-state index in [4.69, 9.17) is 4.74 Å². The Morgan fingerprint density at radius 3 is 2.51 bits per heavy atom. The number of hydrogen-bond acceptors (Lipinski definition) is 6. The Kier molecular flexibility index (Phi) is 8.00. The molecule has 5 aromatic rings. The number of aromatic nitrogens is 1. The number of nitrogens with one attached hydrogen (secondary N) is 3. The summed E-state index contributed by atoms with van der Waals surface area (Å²) in [5.74, 6) is -0.115. The highest BCUT2D eigenvalue weighted by Gasteiger charge is 2.27. The number of H-pyrrole nitrogens is 1. The van der Waals surface area contributed by atoms with Gasteiger partial charge < -0.3 is 25.0 Å². The molecular formula is C36H34N4O5. The van der Waals surface area contributed by atoms with Gasteiger partial charge in [0.25, 0.3) is 5.56 Å². The number of rotatable bonds is 3. The lowest BCUT2D eigenvalue weighted by Gasteiger charge is -2.28. The van der Waals surface area contributed by atoms with E-state index in [0.29, 0.717) is 16.8 Å². The third-order valence-electron chi connectivity index (χ3n) is 8.27. The Balaban J connectivity index is 1.44. The third kappa shape index (κ3) is 6.24. The van der Waals surface area contributed by atoms with Gasteiger partial charge >= 0.3 is 6.09 Å². The average molecular weight is 603 g/mol. The first kappa shape index (κ1) is 29.5. The van der Waals surface area contributed by atoms with Crippen LogP contribution in [0.4, 0.5) is 16.2 Å². The Morgan fingerprint density at radius 2 is 1.73 bits per heavy atom. The van der Waals surface area contributed by atoms with E-state index in [1.807, 2.05) is 62.4 Å². The van der Waals surface area contributed by atoms with Crippen LogP contribution in [0.1, 0.15) is 41.1 Å². The van der Waals surface area contributed by atoms with Crippen LogP contribution in [0.25, 0.3) is 21.9 Å². The second-order valence-electron chi connectivity index (χ2n) is 11.5. The molecule has 2 aliphatic rings. The quantitative estimate of drug-likeness (QED) is 0.183. The summed E-state index contributed by atoms with van der Waals surface area (Å²) >= 11 is 0. The van der Waals surface area contributed by atoms with Gasteiger partial charge in [0.15, 0.2) is 0 Å². The molecule has 0 radical (unpaired) electrons. The van der Waals surface area contributed by atoms with Crippen LogP contribution >= 0.6 is 0 Å². The number of hydrogen-bond donors (Lipinski definition) is 4. The van der Waals surface area contributed by atoms with Gasteiger partial charge in [-0.15, -0.1) is 0 Å². The van der Waals surface area contributed by atoms with Crippen molar-refractivity contribution in [3.05, 3.63) is 124 Å². The van der Waals surface area contributed by atoms with Crippen LogP contribution < -0.4 is 16.2 Å². The molecule has 0 aliphatic carbocycles. The molecule has 0 spiro atoms. The number of likely N-dealkylation sites (N-methyl/N-ethyl adjacent to an activating group) is 1. The fourth-order valence-corrected chi connectivity index (χ4v) is 5.88. The number of ether oxygens (including phenoxy) is 1. The topological polar surface area (TPSA) is 124 Å². The number of aromatic hydroxyl groups is 1. The largest absolute Gasteiger partial charge is 0.508 e. The number of amides is 2. The molecule has 1 aromatic heterocycles. The number of aryl methyl sites for hydroxylation is 1. The molecule has 0 saturated carbocycles. The van der Waals surface area contributed by atoms with Crippen LogP contribution in [-0.2, 0) is 16.1 Å². The van der Waals surface area contributed by atoms with Crippen LogP contribution in [0, 0.1) is 6.92 Å². The Bertz CT molecular complexity index is 1970. The summed E-state index contributed by atoms with van der Waals surface area (Å²) in [6, 6.07) is 24.8. The van der Waals surface area contributed by atoms with Crippen molar-refractivity contribution in [3.63, 3.8) is 0 Å². The summed E-state index contributed by atoms with van der Waals surface area (Å²) in [5.41, 5.74) is 6.20. The number of phenols is 1. The number of carbonyl (C=O) groups is 2. The molecule has 7 rings (SSSR count). The standard InChI is InChI=1S/C36H34N4O5/c1-21-16-25-7-12-30(21)22(2)20-45-36(44)39-27-9-13-31(23-5-10-29(41)11-6-23)26(17-27)19-40(3)35(43)33(25)38-28-8-4-24-14-15-37-34(42)32(24)18-28/h4-18,22,33,38,41H,19-20H2,1-3H3,(H,37,42)(H,39,44)/t22-,33+/m0/s1. The molecule has 0 fully saturated rings. The lowest BCUT2D eigenvalue weighted by Crippen LogP contribution is -2.35. The number of pyridine rings is 1. The minimum absolute atomic E-state index is 0.0814. The highest BCUT2D eigenvalue weighted by Crippen LogP contribution is 2.32. The van der Waals surface area contributed by atoms with Crippen molar-refractivity contribution in [1.29, 1.82) is 0 Å². The van der Waals surface area contributed by atoms with Gasteiger partial charge in [0, 0.05) is 42.5 Å². The fraction of sp³-hybridized carbons (Fsp3) is 0.194. The summed E-state index contributed by atoms with van der Waals surface area (Å²) in [6.07, 6.45) is 1.05. The van der Waals surface area contributed by atoms with E-state index in [0.717, 1.165) is 38.8 Å². The Morgan fingerprint density at radius 1 is 0.933 bits per heavy atom. The van der Waals surface area contributed by atoms with Gasteiger partial charge in [0.1, 0.15) is 11.8 Å². The number of phenolic OH excluding ortho intramolecular Hbond substituents is 1. The number of nitrogens with zero attached hydrogens (tertiary/aromatic N) is 1. The van der Waals surface area contributed by atoms with Crippen LogP contribution in [0.3, 0.4) is 0 Å². The highest BCUT2D eigenvalue weighted by atomic mass is 16.5. The molecule has 228 valence electrons. The zero-order valence-electron chi connectivity index (χ0n) is 25.3. The van der Waals surface area contributed by atoms with Crippen molar-refractivity contribution in [2.45, 2.75) is 32.4 Å². The first-order valence-electron chi connectivity index (χ1n) is 14.8. The van der Waals surface area contributed by atoms with Crippen LogP contribution in [0.2, 0.25) is 0 Å². The molecule has 3 heterocycles. The molecule has 9 nitrogen and oxygen atoms in total. The van der Waals surface area contributed by atoms with Gasteiger partial charge in [0.2, 0.25) is 5.91 Å². The number of fused-ring (bicyclic) bond motifs is 10.